The normalized spacial score (nSPS) is 9.74. The molecule has 0 unspecified atom stereocenters. The van der Waals surface area contributed by atoms with Crippen LogP contribution in [-0.4, -0.2) is 24.5 Å². The molecule has 4 aromatic rings. The van der Waals surface area contributed by atoms with Gasteiger partial charge in [0.25, 0.3) is 5.56 Å². The summed E-state index contributed by atoms with van der Waals surface area (Å²) in [4.78, 5) is 28.6. The van der Waals surface area contributed by atoms with Gasteiger partial charge in [-0.1, -0.05) is 24.6 Å². The highest BCUT2D eigenvalue weighted by Crippen LogP contribution is 2.20. The lowest BCUT2D eigenvalue weighted by atomic mass is 10.2. The van der Waals surface area contributed by atoms with Crippen LogP contribution in [-0.2, 0) is 6.42 Å². The average molecular weight is 476 g/mol. The maximum atomic E-state index is 12.9. The predicted molar refractivity (Wildman–Crippen MR) is 134 cm³/mol. The van der Waals surface area contributed by atoms with Gasteiger partial charge in [0, 0.05) is 12.6 Å². The second-order valence-corrected chi connectivity index (χ2v) is 7.01. The molecule has 1 aromatic carbocycles. The van der Waals surface area contributed by atoms with Crippen LogP contribution >= 0.6 is 11.6 Å². The Morgan fingerprint density at radius 3 is 2.32 bits per heavy atom. The first-order valence-electron chi connectivity index (χ1n) is 9.89. The van der Waals surface area contributed by atoms with Gasteiger partial charge in [-0.25, -0.2) is 4.98 Å². The van der Waals surface area contributed by atoms with Crippen molar-refractivity contribution in [3.05, 3.63) is 69.5 Å². The quantitative estimate of drug-likeness (QED) is 0.376. The summed E-state index contributed by atoms with van der Waals surface area (Å²) < 4.78 is 1.60. The molecule has 10 nitrogen and oxygen atoms in total. The fourth-order valence-electron chi connectivity index (χ4n) is 3.01. The molecule has 0 spiro atoms. The predicted octanol–water partition coefficient (Wildman–Crippen LogP) is 2.73. The lowest BCUT2D eigenvalue weighted by Crippen LogP contribution is -2.24. The van der Waals surface area contributed by atoms with E-state index in [1.54, 1.807) is 41.2 Å². The van der Waals surface area contributed by atoms with E-state index in [-0.39, 0.29) is 28.7 Å². The number of nitrogen functional groups attached to an aromatic ring is 3. The topological polar surface area (TPSA) is 175 Å². The van der Waals surface area contributed by atoms with Crippen molar-refractivity contribution in [2.75, 3.05) is 17.2 Å². The third-order valence-corrected chi connectivity index (χ3v) is 4.70. The molecule has 3 aromatic heterocycles. The number of rotatable bonds is 3. The number of aromatic nitrogens is 5. The zero-order valence-electron chi connectivity index (χ0n) is 18.3. The Bertz CT molecular complexity index is 1390. The van der Waals surface area contributed by atoms with Gasteiger partial charge in [0.05, 0.1) is 27.8 Å². The molecule has 0 saturated carbocycles. The van der Waals surface area contributed by atoms with Gasteiger partial charge in [0.2, 0.25) is 5.95 Å². The molecule has 0 bridgehead atoms. The van der Waals surface area contributed by atoms with Crippen molar-refractivity contribution in [1.29, 1.82) is 5.26 Å². The molecule has 6 N–H and O–H groups in total. The molecule has 3 heterocycles. The van der Waals surface area contributed by atoms with Gasteiger partial charge in [-0.15, -0.1) is 12.8 Å². The molecule has 0 aliphatic heterocycles. The molecule has 4 rings (SSSR count). The first-order chi connectivity index (χ1) is 16.4. The molecule has 34 heavy (non-hydrogen) atoms. The van der Waals surface area contributed by atoms with Crippen molar-refractivity contribution < 1.29 is 0 Å². The third-order valence-electron chi connectivity index (χ3n) is 4.39. The van der Waals surface area contributed by atoms with E-state index in [2.05, 4.69) is 39.7 Å². The molecular weight excluding hydrogens is 454 g/mol. The van der Waals surface area contributed by atoms with Crippen LogP contribution in [0.15, 0.2) is 47.5 Å². The van der Waals surface area contributed by atoms with Crippen LogP contribution in [0.1, 0.15) is 24.7 Å². The van der Waals surface area contributed by atoms with Gasteiger partial charge in [-0.2, -0.15) is 15.2 Å². The summed E-state index contributed by atoms with van der Waals surface area (Å²) in [6, 6.07) is 10.7. The Balaban J connectivity index is 0.000000266. The number of nitriles is 1. The van der Waals surface area contributed by atoms with E-state index in [4.69, 9.17) is 34.1 Å². The Labute approximate surface area is 201 Å². The first kappa shape index (κ1) is 25.6. The van der Waals surface area contributed by atoms with Crippen molar-refractivity contribution in [1.82, 2.24) is 24.5 Å². The van der Waals surface area contributed by atoms with Crippen LogP contribution in [0.2, 0.25) is 5.02 Å². The summed E-state index contributed by atoms with van der Waals surface area (Å²) in [6.07, 6.45) is 13.0. The third kappa shape index (κ3) is 5.57. The molecule has 0 amide bonds. The monoisotopic (exact) mass is 475 g/mol. The number of hydrogen-bond acceptors (Lipinski definition) is 9. The number of terminal acetylenes is 1. The molecule has 0 aliphatic rings. The minimum atomic E-state index is -0.151. The SMILES string of the molecule is C#C.CCCc1nc2cccc(Cl)c2c(=O)n1-c1cccnc1.N#Cc1c(N)nc(N)nc1N. The van der Waals surface area contributed by atoms with Crippen LogP contribution in [0, 0.1) is 24.2 Å². The zero-order chi connectivity index (χ0) is 25.3. The smallest absolute Gasteiger partial charge is 0.267 e. The lowest BCUT2D eigenvalue weighted by molar-refractivity contribution is 0.772. The van der Waals surface area contributed by atoms with Crippen molar-refractivity contribution in [3.8, 4) is 24.6 Å². The summed E-state index contributed by atoms with van der Waals surface area (Å²) in [5.41, 5.74) is 17.1. The fourth-order valence-corrected chi connectivity index (χ4v) is 3.26. The highest BCUT2D eigenvalue weighted by Gasteiger charge is 2.14. The number of anilines is 3. The maximum Gasteiger partial charge on any atom is 0.267 e. The Morgan fingerprint density at radius 1 is 1.09 bits per heavy atom. The number of halogens is 1. The summed E-state index contributed by atoms with van der Waals surface area (Å²) in [5.74, 6) is 0.722. The molecule has 11 heteroatoms. The maximum absolute atomic E-state index is 12.9. The van der Waals surface area contributed by atoms with E-state index in [0.717, 1.165) is 12.2 Å². The number of fused-ring (bicyclic) bond motifs is 1. The van der Waals surface area contributed by atoms with E-state index < -0.39 is 0 Å². The Morgan fingerprint density at radius 2 is 1.76 bits per heavy atom. The number of nitrogens with zero attached hydrogens (tertiary/aromatic N) is 6. The van der Waals surface area contributed by atoms with Gasteiger partial charge in [0.1, 0.15) is 29.1 Å². The van der Waals surface area contributed by atoms with Crippen molar-refractivity contribution in [2.24, 2.45) is 0 Å². The van der Waals surface area contributed by atoms with Crippen LogP contribution in [0.5, 0.6) is 0 Å². The zero-order valence-corrected chi connectivity index (χ0v) is 19.1. The highest BCUT2D eigenvalue weighted by atomic mass is 35.5. The van der Waals surface area contributed by atoms with Gasteiger partial charge in [-0.05, 0) is 30.7 Å². The fraction of sp³-hybridized carbons (Fsp3) is 0.130. The molecule has 0 saturated heterocycles. The largest absolute Gasteiger partial charge is 0.382 e. The average Bonchev–Trinajstić information content (AvgIpc) is 2.81. The van der Waals surface area contributed by atoms with Crippen LogP contribution in [0.4, 0.5) is 17.6 Å². The minimum Gasteiger partial charge on any atom is -0.382 e. The molecule has 172 valence electrons. The molecule has 0 aliphatic carbocycles. The second kappa shape index (κ2) is 11.8. The van der Waals surface area contributed by atoms with Crippen molar-refractivity contribution >= 4 is 40.1 Å². The highest BCUT2D eigenvalue weighted by molar-refractivity contribution is 6.35. The van der Waals surface area contributed by atoms with Gasteiger partial charge >= 0.3 is 0 Å². The van der Waals surface area contributed by atoms with E-state index in [9.17, 15) is 4.79 Å². The molecular formula is C23H22ClN9O. The number of pyridine rings is 1. The number of hydrogen-bond donors (Lipinski definition) is 3. The molecule has 0 fully saturated rings. The summed E-state index contributed by atoms with van der Waals surface area (Å²) in [5, 5.41) is 9.33. The van der Waals surface area contributed by atoms with Crippen LogP contribution < -0.4 is 22.8 Å². The van der Waals surface area contributed by atoms with Gasteiger partial charge in [-0.3, -0.25) is 14.3 Å². The van der Waals surface area contributed by atoms with Gasteiger partial charge in [0.15, 0.2) is 0 Å². The molecule has 0 atom stereocenters. The van der Waals surface area contributed by atoms with E-state index in [1.807, 2.05) is 12.1 Å². The van der Waals surface area contributed by atoms with Crippen molar-refractivity contribution in [2.45, 2.75) is 19.8 Å². The standard InChI is InChI=1S/C16H14ClN3O.C5H6N6.C2H2/c1-2-5-14-19-13-8-3-7-12(17)15(13)16(21)20(14)11-6-4-9-18-10-11;6-1-2-3(7)10-5(9)11-4(2)8;1-2/h3-4,6-10H,2,5H2,1H3;(H6,7,8,9,10,11);1-2H. The summed E-state index contributed by atoms with van der Waals surface area (Å²) in [7, 11) is 0. The van der Waals surface area contributed by atoms with E-state index in [1.165, 1.54) is 0 Å². The van der Waals surface area contributed by atoms with E-state index >= 15 is 0 Å². The van der Waals surface area contributed by atoms with Crippen LogP contribution in [0.25, 0.3) is 16.6 Å². The number of nitrogens with two attached hydrogens (primary N) is 3. The Hall–Kier alpha value is -4.67. The van der Waals surface area contributed by atoms with Crippen LogP contribution in [0.3, 0.4) is 0 Å². The number of aryl methyl sites for hydroxylation is 1. The molecule has 0 radical (unpaired) electrons. The Kier molecular flexibility index (Phi) is 8.89. The summed E-state index contributed by atoms with van der Waals surface area (Å²) in [6.45, 7) is 2.06. The van der Waals surface area contributed by atoms with Crippen molar-refractivity contribution in [3.63, 3.8) is 0 Å². The van der Waals surface area contributed by atoms with E-state index in [0.29, 0.717) is 28.0 Å². The number of benzene rings is 1. The second-order valence-electron chi connectivity index (χ2n) is 6.60. The first-order valence-corrected chi connectivity index (χ1v) is 10.3. The minimum absolute atomic E-state index is 0.0116. The van der Waals surface area contributed by atoms with Gasteiger partial charge < -0.3 is 17.2 Å². The summed E-state index contributed by atoms with van der Waals surface area (Å²) >= 11 is 6.18. The lowest BCUT2D eigenvalue weighted by Gasteiger charge is -2.13.